The van der Waals surface area contributed by atoms with Crippen LogP contribution in [0.15, 0.2) is 12.2 Å². The lowest BCUT2D eigenvalue weighted by Crippen LogP contribution is -2.25. The SMILES string of the molecule is C=C(CCCOCCC)C(=O)NCO. The van der Waals surface area contributed by atoms with Crippen LogP contribution in [0.1, 0.15) is 26.2 Å². The van der Waals surface area contributed by atoms with Gasteiger partial charge in [0.05, 0.1) is 0 Å². The molecule has 4 heteroatoms. The summed E-state index contributed by atoms with van der Waals surface area (Å²) in [5.41, 5.74) is 0.485. The summed E-state index contributed by atoms with van der Waals surface area (Å²) in [5.74, 6) is -0.289. The van der Waals surface area contributed by atoms with E-state index in [4.69, 9.17) is 9.84 Å². The molecule has 2 N–H and O–H groups in total. The van der Waals surface area contributed by atoms with Crippen LogP contribution in [0.5, 0.6) is 0 Å². The number of nitrogens with one attached hydrogen (secondary N) is 1. The standard InChI is InChI=1S/C10H19NO3/c1-3-6-14-7-4-5-9(2)10(13)11-8-12/h12H,2-8H2,1H3,(H,11,13). The van der Waals surface area contributed by atoms with E-state index in [2.05, 4.69) is 11.9 Å². The fourth-order valence-electron chi connectivity index (χ4n) is 0.944. The van der Waals surface area contributed by atoms with Gasteiger partial charge < -0.3 is 15.2 Å². The highest BCUT2D eigenvalue weighted by Crippen LogP contribution is 2.02. The Balaban J connectivity index is 3.39. The fourth-order valence-corrected chi connectivity index (χ4v) is 0.944. The predicted molar refractivity (Wildman–Crippen MR) is 54.7 cm³/mol. The Hall–Kier alpha value is -0.870. The molecule has 0 fully saturated rings. The minimum absolute atomic E-state index is 0.289. The molecular weight excluding hydrogens is 182 g/mol. The van der Waals surface area contributed by atoms with Crippen LogP contribution in [0, 0.1) is 0 Å². The van der Waals surface area contributed by atoms with Gasteiger partial charge in [0.2, 0.25) is 5.91 Å². The van der Waals surface area contributed by atoms with Gasteiger partial charge in [0.25, 0.3) is 0 Å². The number of carbonyl (C=O) groups is 1. The van der Waals surface area contributed by atoms with Gasteiger partial charge in [-0.05, 0) is 19.3 Å². The molecule has 4 nitrogen and oxygen atoms in total. The quantitative estimate of drug-likeness (QED) is 0.347. The van der Waals surface area contributed by atoms with Crippen LogP contribution >= 0.6 is 0 Å². The van der Waals surface area contributed by atoms with E-state index in [9.17, 15) is 4.79 Å². The highest BCUT2D eigenvalue weighted by Gasteiger charge is 2.04. The van der Waals surface area contributed by atoms with Crippen molar-refractivity contribution in [2.24, 2.45) is 0 Å². The smallest absolute Gasteiger partial charge is 0.248 e. The topological polar surface area (TPSA) is 58.6 Å². The second kappa shape index (κ2) is 8.72. The summed E-state index contributed by atoms with van der Waals surface area (Å²) >= 11 is 0. The summed E-state index contributed by atoms with van der Waals surface area (Å²) in [6.07, 6.45) is 2.40. The Labute approximate surface area is 85.0 Å². The number of ether oxygens (including phenoxy) is 1. The highest BCUT2D eigenvalue weighted by molar-refractivity contribution is 5.92. The number of hydrogen-bond acceptors (Lipinski definition) is 3. The molecule has 0 saturated carbocycles. The largest absolute Gasteiger partial charge is 0.381 e. The summed E-state index contributed by atoms with van der Waals surface area (Å²) < 4.78 is 5.25. The van der Waals surface area contributed by atoms with Crippen molar-refractivity contribution in [1.82, 2.24) is 5.32 Å². The molecule has 0 bridgehead atoms. The molecule has 0 aromatic rings. The molecule has 0 aliphatic rings. The van der Waals surface area contributed by atoms with Crippen LogP contribution in [0.4, 0.5) is 0 Å². The van der Waals surface area contributed by atoms with E-state index in [0.29, 0.717) is 18.6 Å². The van der Waals surface area contributed by atoms with Crippen LogP contribution in [0.2, 0.25) is 0 Å². The van der Waals surface area contributed by atoms with E-state index in [-0.39, 0.29) is 12.6 Å². The Kier molecular flexibility index (Phi) is 8.17. The maximum atomic E-state index is 11.1. The molecule has 0 saturated heterocycles. The summed E-state index contributed by atoms with van der Waals surface area (Å²) in [5, 5.41) is 10.7. The molecule has 1 amide bonds. The Morgan fingerprint density at radius 2 is 2.21 bits per heavy atom. The Morgan fingerprint density at radius 1 is 1.50 bits per heavy atom. The fraction of sp³-hybridized carbons (Fsp3) is 0.700. The first-order valence-electron chi connectivity index (χ1n) is 4.87. The first-order valence-corrected chi connectivity index (χ1v) is 4.87. The van der Waals surface area contributed by atoms with Gasteiger partial charge >= 0.3 is 0 Å². The second-order valence-corrected chi connectivity index (χ2v) is 2.98. The normalized spacial score (nSPS) is 9.86. The van der Waals surface area contributed by atoms with E-state index in [1.807, 2.05) is 6.92 Å². The number of amides is 1. The molecule has 82 valence electrons. The van der Waals surface area contributed by atoms with Crippen molar-refractivity contribution in [3.63, 3.8) is 0 Å². The molecular formula is C10H19NO3. The first-order chi connectivity index (χ1) is 6.72. The van der Waals surface area contributed by atoms with Crippen molar-refractivity contribution in [3.8, 4) is 0 Å². The van der Waals surface area contributed by atoms with Crippen molar-refractivity contribution in [1.29, 1.82) is 0 Å². The molecule has 0 rings (SSSR count). The van der Waals surface area contributed by atoms with Gasteiger partial charge in [-0.25, -0.2) is 0 Å². The molecule has 14 heavy (non-hydrogen) atoms. The van der Waals surface area contributed by atoms with E-state index >= 15 is 0 Å². The maximum Gasteiger partial charge on any atom is 0.248 e. The third-order valence-corrected chi connectivity index (χ3v) is 1.68. The number of rotatable bonds is 8. The number of aliphatic hydroxyl groups excluding tert-OH is 1. The summed E-state index contributed by atoms with van der Waals surface area (Å²) in [6, 6.07) is 0. The van der Waals surface area contributed by atoms with Crippen LogP contribution < -0.4 is 5.32 Å². The summed E-state index contributed by atoms with van der Waals surface area (Å²) in [4.78, 5) is 11.1. The zero-order chi connectivity index (χ0) is 10.8. The van der Waals surface area contributed by atoms with Crippen molar-refractivity contribution in [2.75, 3.05) is 19.9 Å². The van der Waals surface area contributed by atoms with E-state index < -0.39 is 0 Å². The van der Waals surface area contributed by atoms with E-state index in [0.717, 1.165) is 19.4 Å². The molecule has 0 unspecified atom stereocenters. The first kappa shape index (κ1) is 13.1. The third kappa shape index (κ3) is 6.62. The van der Waals surface area contributed by atoms with Gasteiger partial charge in [-0.3, -0.25) is 4.79 Å². The Morgan fingerprint density at radius 3 is 2.79 bits per heavy atom. The average molecular weight is 201 g/mol. The highest BCUT2D eigenvalue weighted by atomic mass is 16.5. The van der Waals surface area contributed by atoms with Gasteiger partial charge in [-0.15, -0.1) is 0 Å². The zero-order valence-electron chi connectivity index (χ0n) is 8.71. The van der Waals surface area contributed by atoms with Crippen LogP contribution in [0.3, 0.4) is 0 Å². The van der Waals surface area contributed by atoms with Crippen molar-refractivity contribution in [3.05, 3.63) is 12.2 Å². The maximum absolute atomic E-state index is 11.1. The van der Waals surface area contributed by atoms with Gasteiger partial charge in [-0.1, -0.05) is 13.5 Å². The lowest BCUT2D eigenvalue weighted by molar-refractivity contribution is -0.118. The second-order valence-electron chi connectivity index (χ2n) is 2.98. The molecule has 0 aliphatic heterocycles. The van der Waals surface area contributed by atoms with Crippen molar-refractivity contribution in [2.45, 2.75) is 26.2 Å². The van der Waals surface area contributed by atoms with Gasteiger partial charge in [-0.2, -0.15) is 0 Å². The van der Waals surface area contributed by atoms with Gasteiger partial charge in [0.1, 0.15) is 6.73 Å². The van der Waals surface area contributed by atoms with Crippen LogP contribution in [-0.2, 0) is 9.53 Å². The van der Waals surface area contributed by atoms with E-state index in [1.54, 1.807) is 0 Å². The third-order valence-electron chi connectivity index (χ3n) is 1.68. The molecule has 0 radical (unpaired) electrons. The predicted octanol–water partition coefficient (Wildman–Crippen LogP) is 0.815. The zero-order valence-corrected chi connectivity index (χ0v) is 8.71. The minimum Gasteiger partial charge on any atom is -0.381 e. The number of aliphatic hydroxyl groups is 1. The average Bonchev–Trinajstić information content (AvgIpc) is 2.17. The molecule has 0 heterocycles. The van der Waals surface area contributed by atoms with E-state index in [1.165, 1.54) is 0 Å². The van der Waals surface area contributed by atoms with Crippen LogP contribution in [0.25, 0.3) is 0 Å². The monoisotopic (exact) mass is 201 g/mol. The molecule has 0 atom stereocenters. The Bertz CT molecular complexity index is 180. The lowest BCUT2D eigenvalue weighted by Gasteiger charge is -2.05. The minimum atomic E-state index is -0.343. The van der Waals surface area contributed by atoms with Gasteiger partial charge in [0.15, 0.2) is 0 Å². The lowest BCUT2D eigenvalue weighted by atomic mass is 10.1. The molecule has 0 spiro atoms. The van der Waals surface area contributed by atoms with Crippen LogP contribution in [-0.4, -0.2) is 31.0 Å². The van der Waals surface area contributed by atoms with Crippen molar-refractivity contribution < 1.29 is 14.6 Å². The number of hydrogen-bond donors (Lipinski definition) is 2. The van der Waals surface area contributed by atoms with Gasteiger partial charge in [0, 0.05) is 18.8 Å². The molecule has 0 aromatic heterocycles. The molecule has 0 aromatic carbocycles. The number of carbonyl (C=O) groups excluding carboxylic acids is 1. The summed E-state index contributed by atoms with van der Waals surface area (Å²) in [6.45, 7) is 6.73. The van der Waals surface area contributed by atoms with Crippen molar-refractivity contribution >= 4 is 5.91 Å². The summed E-state index contributed by atoms with van der Waals surface area (Å²) in [7, 11) is 0. The molecule has 0 aliphatic carbocycles.